The second-order valence-electron chi connectivity index (χ2n) is 3.41. The van der Waals surface area contributed by atoms with E-state index in [-0.39, 0.29) is 0 Å². The second kappa shape index (κ2) is 5.42. The molecule has 2 nitrogen and oxygen atoms in total. The van der Waals surface area contributed by atoms with E-state index in [1.54, 1.807) is 0 Å². The van der Waals surface area contributed by atoms with Gasteiger partial charge in [-0.15, -0.1) is 0 Å². The molecule has 82 valence electrons. The van der Waals surface area contributed by atoms with Crippen LogP contribution in [0.3, 0.4) is 0 Å². The first-order valence-corrected chi connectivity index (χ1v) is 5.88. The normalized spacial score (nSPS) is 10.9. The highest BCUT2D eigenvalue weighted by atomic mass is 79.9. The van der Waals surface area contributed by atoms with Gasteiger partial charge in [0, 0.05) is 10.0 Å². The number of nitrogens with zero attached hydrogens (tertiary/aromatic N) is 2. The van der Waals surface area contributed by atoms with E-state index >= 15 is 0 Å². The van der Waals surface area contributed by atoms with Crippen LogP contribution in [0.1, 0.15) is 5.56 Å². The van der Waals surface area contributed by atoms with Gasteiger partial charge in [0.15, 0.2) is 0 Å². The Labute approximate surface area is 108 Å². The Morgan fingerprint density at radius 1 is 1.00 bits per heavy atom. The minimum absolute atomic E-state index is 0.424. The summed E-state index contributed by atoms with van der Waals surface area (Å²) in [6, 6.07) is 19.1. The highest BCUT2D eigenvalue weighted by molar-refractivity contribution is 9.10. The number of halogens is 1. The molecule has 0 saturated carbocycles. The van der Waals surface area contributed by atoms with Crippen LogP contribution < -0.4 is 0 Å². The zero-order chi connectivity index (χ0) is 12.1. The SMILES string of the molecule is N#C/C(=N\c1ccc(Br)cc1)c1ccccc1. The monoisotopic (exact) mass is 284 g/mol. The van der Waals surface area contributed by atoms with Gasteiger partial charge in [-0.3, -0.25) is 0 Å². The Hall–Kier alpha value is -1.92. The average Bonchev–Trinajstić information content (AvgIpc) is 2.39. The van der Waals surface area contributed by atoms with E-state index in [1.807, 2.05) is 54.6 Å². The van der Waals surface area contributed by atoms with E-state index in [2.05, 4.69) is 27.0 Å². The lowest BCUT2D eigenvalue weighted by molar-refractivity contribution is 1.47. The minimum atomic E-state index is 0.424. The second-order valence-corrected chi connectivity index (χ2v) is 4.33. The number of benzene rings is 2. The van der Waals surface area contributed by atoms with Crippen molar-refractivity contribution in [3.05, 3.63) is 64.6 Å². The van der Waals surface area contributed by atoms with E-state index < -0.39 is 0 Å². The molecular weight excluding hydrogens is 276 g/mol. The number of rotatable bonds is 2. The third kappa shape index (κ3) is 3.02. The van der Waals surface area contributed by atoms with Crippen molar-refractivity contribution in [3.63, 3.8) is 0 Å². The largest absolute Gasteiger partial charge is 0.237 e. The molecule has 3 heteroatoms. The smallest absolute Gasteiger partial charge is 0.148 e. The fraction of sp³-hybridized carbons (Fsp3) is 0. The Bertz CT molecular complexity index is 565. The number of hydrogen-bond acceptors (Lipinski definition) is 2. The van der Waals surface area contributed by atoms with Gasteiger partial charge in [0.25, 0.3) is 0 Å². The number of aliphatic imine (C=N–C) groups is 1. The van der Waals surface area contributed by atoms with Crippen molar-refractivity contribution in [2.24, 2.45) is 4.99 Å². The summed E-state index contributed by atoms with van der Waals surface area (Å²) in [5, 5.41) is 9.11. The van der Waals surface area contributed by atoms with E-state index in [0.717, 1.165) is 15.7 Å². The van der Waals surface area contributed by atoms with Crippen molar-refractivity contribution in [1.29, 1.82) is 5.26 Å². The molecule has 17 heavy (non-hydrogen) atoms. The lowest BCUT2D eigenvalue weighted by atomic mass is 10.1. The van der Waals surface area contributed by atoms with Crippen molar-refractivity contribution in [3.8, 4) is 6.07 Å². The van der Waals surface area contributed by atoms with Crippen LogP contribution in [-0.2, 0) is 0 Å². The quantitative estimate of drug-likeness (QED) is 0.765. The van der Waals surface area contributed by atoms with Gasteiger partial charge < -0.3 is 0 Å². The number of hydrogen-bond donors (Lipinski definition) is 0. The molecular formula is C14H9BrN2. The van der Waals surface area contributed by atoms with Gasteiger partial charge in [-0.25, -0.2) is 4.99 Å². The molecule has 2 aromatic rings. The summed E-state index contributed by atoms with van der Waals surface area (Å²) in [5.41, 5.74) is 2.03. The predicted octanol–water partition coefficient (Wildman–Crippen LogP) is 4.09. The molecule has 0 amide bonds. The maximum atomic E-state index is 9.11. The van der Waals surface area contributed by atoms with Gasteiger partial charge >= 0.3 is 0 Å². The summed E-state index contributed by atoms with van der Waals surface area (Å²) in [6.45, 7) is 0. The minimum Gasteiger partial charge on any atom is -0.237 e. The first kappa shape index (κ1) is 11.6. The van der Waals surface area contributed by atoms with Crippen LogP contribution in [0.4, 0.5) is 5.69 Å². The molecule has 0 saturated heterocycles. The Kier molecular flexibility index (Phi) is 3.69. The van der Waals surface area contributed by atoms with E-state index in [4.69, 9.17) is 5.26 Å². The zero-order valence-electron chi connectivity index (χ0n) is 8.97. The molecule has 0 aliphatic rings. The van der Waals surface area contributed by atoms with Crippen molar-refractivity contribution in [2.75, 3.05) is 0 Å². The van der Waals surface area contributed by atoms with Gasteiger partial charge in [-0.05, 0) is 24.3 Å². The summed E-state index contributed by atoms with van der Waals surface area (Å²) < 4.78 is 0.995. The van der Waals surface area contributed by atoms with Crippen molar-refractivity contribution < 1.29 is 0 Å². The summed E-state index contributed by atoms with van der Waals surface area (Å²) in [4.78, 5) is 4.32. The van der Waals surface area contributed by atoms with Crippen LogP contribution in [0, 0.1) is 11.3 Å². The molecule has 0 atom stereocenters. The van der Waals surface area contributed by atoms with Gasteiger partial charge in [0.2, 0.25) is 0 Å². The fourth-order valence-electron chi connectivity index (χ4n) is 1.39. The molecule has 0 heterocycles. The highest BCUT2D eigenvalue weighted by Gasteiger charge is 2.01. The van der Waals surface area contributed by atoms with E-state index in [0.29, 0.717) is 5.71 Å². The Morgan fingerprint density at radius 3 is 2.24 bits per heavy atom. The maximum absolute atomic E-state index is 9.11. The van der Waals surface area contributed by atoms with E-state index in [9.17, 15) is 0 Å². The molecule has 0 fully saturated rings. The first-order chi connectivity index (χ1) is 8.29. The van der Waals surface area contributed by atoms with Crippen molar-refractivity contribution in [2.45, 2.75) is 0 Å². The molecule has 0 aromatic heterocycles. The average molecular weight is 285 g/mol. The van der Waals surface area contributed by atoms with Crippen LogP contribution in [-0.4, -0.2) is 5.71 Å². The molecule has 2 rings (SSSR count). The van der Waals surface area contributed by atoms with Crippen LogP contribution in [0.25, 0.3) is 0 Å². The molecule has 0 spiro atoms. The maximum Gasteiger partial charge on any atom is 0.148 e. The van der Waals surface area contributed by atoms with Crippen LogP contribution in [0.2, 0.25) is 0 Å². The molecule has 0 N–H and O–H groups in total. The molecule has 0 bridgehead atoms. The fourth-order valence-corrected chi connectivity index (χ4v) is 1.66. The lowest BCUT2D eigenvalue weighted by Crippen LogP contribution is -1.95. The summed E-state index contributed by atoms with van der Waals surface area (Å²) in [5.74, 6) is 0. The topological polar surface area (TPSA) is 36.1 Å². The van der Waals surface area contributed by atoms with Gasteiger partial charge in [0.05, 0.1) is 5.69 Å². The third-order valence-electron chi connectivity index (χ3n) is 2.22. The van der Waals surface area contributed by atoms with Crippen molar-refractivity contribution in [1.82, 2.24) is 0 Å². The van der Waals surface area contributed by atoms with Crippen molar-refractivity contribution >= 4 is 27.3 Å². The molecule has 0 unspecified atom stereocenters. The zero-order valence-corrected chi connectivity index (χ0v) is 10.6. The Morgan fingerprint density at radius 2 is 1.65 bits per heavy atom. The lowest BCUT2D eigenvalue weighted by Gasteiger charge is -1.98. The standard InChI is InChI=1S/C14H9BrN2/c15-12-6-8-13(9-7-12)17-14(10-16)11-4-2-1-3-5-11/h1-9H/b17-14+. The van der Waals surface area contributed by atoms with E-state index in [1.165, 1.54) is 0 Å². The molecule has 0 aliphatic carbocycles. The van der Waals surface area contributed by atoms with Crippen LogP contribution >= 0.6 is 15.9 Å². The highest BCUT2D eigenvalue weighted by Crippen LogP contribution is 2.18. The van der Waals surface area contributed by atoms with Crippen LogP contribution in [0.5, 0.6) is 0 Å². The first-order valence-electron chi connectivity index (χ1n) is 5.09. The predicted molar refractivity (Wildman–Crippen MR) is 72.4 cm³/mol. The van der Waals surface area contributed by atoms with Crippen LogP contribution in [0.15, 0.2) is 64.1 Å². The molecule has 0 radical (unpaired) electrons. The Balaban J connectivity index is 2.37. The summed E-state index contributed by atoms with van der Waals surface area (Å²) in [7, 11) is 0. The number of nitriles is 1. The molecule has 2 aromatic carbocycles. The van der Waals surface area contributed by atoms with Gasteiger partial charge in [0.1, 0.15) is 11.8 Å². The molecule has 0 aliphatic heterocycles. The third-order valence-corrected chi connectivity index (χ3v) is 2.75. The summed E-state index contributed by atoms with van der Waals surface area (Å²) in [6.07, 6.45) is 0. The van der Waals surface area contributed by atoms with Gasteiger partial charge in [-0.1, -0.05) is 46.3 Å². The van der Waals surface area contributed by atoms with Gasteiger partial charge in [-0.2, -0.15) is 5.26 Å². The summed E-state index contributed by atoms with van der Waals surface area (Å²) >= 11 is 3.36.